The van der Waals surface area contributed by atoms with Gasteiger partial charge < -0.3 is 9.80 Å². The first kappa shape index (κ1) is 15.7. The Morgan fingerprint density at radius 3 is 2.20 bits per heavy atom. The van der Waals surface area contributed by atoms with Crippen LogP contribution in [0.15, 0.2) is 24.5 Å². The van der Waals surface area contributed by atoms with Crippen molar-refractivity contribution in [2.45, 2.75) is 51.5 Å². The normalized spacial score (nSPS) is 39.7. The summed E-state index contributed by atoms with van der Waals surface area (Å²) in [6.07, 6.45) is 11.4. The first-order chi connectivity index (χ1) is 12.1. The summed E-state index contributed by atoms with van der Waals surface area (Å²) in [7, 11) is 0. The number of nitrogens with zero attached hydrogens (tertiary/aromatic N) is 3. The number of carbonyl (C=O) groups is 1. The lowest BCUT2D eigenvalue weighted by molar-refractivity contribution is -0.158. The third-order valence-corrected chi connectivity index (χ3v) is 7.40. The van der Waals surface area contributed by atoms with Gasteiger partial charge in [0.05, 0.1) is 5.41 Å². The maximum Gasteiger partial charge on any atom is 0.228 e. The first-order valence-electron chi connectivity index (χ1n) is 10.1. The first-order valence-corrected chi connectivity index (χ1v) is 10.1. The number of carbonyl (C=O) groups excluding carboxylic acids is 1. The summed E-state index contributed by atoms with van der Waals surface area (Å²) in [6, 6.07) is 4.52. The summed E-state index contributed by atoms with van der Waals surface area (Å²) < 4.78 is 0. The Hall–Kier alpha value is -1.58. The van der Waals surface area contributed by atoms with Gasteiger partial charge in [0.25, 0.3) is 0 Å². The van der Waals surface area contributed by atoms with Gasteiger partial charge in [0, 0.05) is 43.8 Å². The lowest BCUT2D eigenvalue weighted by atomic mass is 9.49. The molecule has 134 valence electrons. The molecule has 4 bridgehead atoms. The highest BCUT2D eigenvalue weighted by atomic mass is 16.2. The van der Waals surface area contributed by atoms with Crippen LogP contribution in [0.4, 0.5) is 5.69 Å². The topological polar surface area (TPSA) is 36.4 Å². The molecule has 1 amide bonds. The third-order valence-electron chi connectivity index (χ3n) is 7.40. The van der Waals surface area contributed by atoms with E-state index in [2.05, 4.69) is 33.8 Å². The number of rotatable bonds is 2. The third kappa shape index (κ3) is 2.56. The Labute approximate surface area is 150 Å². The highest BCUT2D eigenvalue weighted by Gasteiger charge is 2.55. The van der Waals surface area contributed by atoms with Crippen LogP contribution in [0.1, 0.15) is 45.4 Å². The van der Waals surface area contributed by atoms with Crippen molar-refractivity contribution in [1.29, 1.82) is 0 Å². The fourth-order valence-electron chi connectivity index (χ4n) is 6.77. The van der Waals surface area contributed by atoms with Gasteiger partial charge >= 0.3 is 0 Å². The highest BCUT2D eigenvalue weighted by molar-refractivity contribution is 5.83. The number of piperazine rings is 1. The van der Waals surface area contributed by atoms with E-state index in [1.54, 1.807) is 0 Å². The minimum Gasteiger partial charge on any atom is -0.365 e. The second-order valence-corrected chi connectivity index (χ2v) is 9.20. The molecular weight excluding hydrogens is 310 g/mol. The number of hydrogen-bond acceptors (Lipinski definition) is 3. The predicted molar refractivity (Wildman–Crippen MR) is 98.2 cm³/mol. The number of anilines is 1. The molecule has 0 spiro atoms. The number of aromatic nitrogens is 1. The van der Waals surface area contributed by atoms with Gasteiger partial charge in [0.1, 0.15) is 0 Å². The van der Waals surface area contributed by atoms with E-state index < -0.39 is 0 Å². The highest BCUT2D eigenvalue weighted by Crippen LogP contribution is 2.60. The quantitative estimate of drug-likeness (QED) is 0.829. The number of hydrogen-bond donors (Lipinski definition) is 0. The summed E-state index contributed by atoms with van der Waals surface area (Å²) in [4.78, 5) is 22.3. The standard InChI is InChI=1S/C21H29N3O/c1-15-14-23(6-7-24(15)19-2-4-22-5-3-19)20(25)21-11-16-8-17(12-21)10-18(9-16)13-21/h2-5,15-18H,6-14H2,1H3/t15-,16?,17?,18?,21?/m1/s1. The van der Waals surface area contributed by atoms with Gasteiger partial charge in [-0.15, -0.1) is 0 Å². The number of amides is 1. The molecule has 0 unspecified atom stereocenters. The molecule has 1 atom stereocenters. The number of pyridine rings is 1. The average Bonchev–Trinajstić information content (AvgIpc) is 2.60. The van der Waals surface area contributed by atoms with E-state index in [1.807, 2.05) is 12.4 Å². The fourth-order valence-corrected chi connectivity index (χ4v) is 6.77. The Bertz CT molecular complexity index is 623. The molecule has 4 aliphatic carbocycles. The van der Waals surface area contributed by atoms with Gasteiger partial charge in [0.2, 0.25) is 5.91 Å². The van der Waals surface area contributed by atoms with Crippen LogP contribution in [-0.4, -0.2) is 41.5 Å². The van der Waals surface area contributed by atoms with Crippen molar-refractivity contribution in [3.8, 4) is 0 Å². The largest absolute Gasteiger partial charge is 0.365 e. The molecule has 0 radical (unpaired) electrons. The molecule has 25 heavy (non-hydrogen) atoms. The van der Waals surface area contributed by atoms with E-state index in [4.69, 9.17) is 0 Å². The maximum absolute atomic E-state index is 13.5. The van der Waals surface area contributed by atoms with Crippen LogP contribution in [0.25, 0.3) is 0 Å². The zero-order valence-corrected chi connectivity index (χ0v) is 15.2. The summed E-state index contributed by atoms with van der Waals surface area (Å²) >= 11 is 0. The maximum atomic E-state index is 13.5. The molecule has 1 aromatic heterocycles. The Balaban J connectivity index is 1.31. The molecule has 1 aliphatic heterocycles. The second-order valence-electron chi connectivity index (χ2n) is 9.20. The van der Waals surface area contributed by atoms with E-state index in [9.17, 15) is 4.79 Å². The van der Waals surface area contributed by atoms with Crippen LogP contribution in [0, 0.1) is 23.2 Å². The smallest absolute Gasteiger partial charge is 0.228 e. The van der Waals surface area contributed by atoms with E-state index in [-0.39, 0.29) is 5.41 Å². The molecule has 5 aliphatic rings. The lowest BCUT2D eigenvalue weighted by Gasteiger charge is -2.57. The summed E-state index contributed by atoms with van der Waals surface area (Å²) in [5.41, 5.74) is 1.23. The molecule has 4 saturated carbocycles. The molecule has 4 heteroatoms. The van der Waals surface area contributed by atoms with Gasteiger partial charge in [0.15, 0.2) is 0 Å². The summed E-state index contributed by atoms with van der Waals surface area (Å²) in [5, 5.41) is 0. The van der Waals surface area contributed by atoms with Crippen LogP contribution >= 0.6 is 0 Å². The van der Waals surface area contributed by atoms with Gasteiger partial charge in [-0.2, -0.15) is 0 Å². The molecule has 2 heterocycles. The predicted octanol–water partition coefficient (Wildman–Crippen LogP) is 3.34. The Morgan fingerprint density at radius 2 is 1.64 bits per heavy atom. The molecule has 1 aromatic rings. The molecule has 4 nitrogen and oxygen atoms in total. The van der Waals surface area contributed by atoms with E-state index in [0.29, 0.717) is 11.9 Å². The van der Waals surface area contributed by atoms with Gasteiger partial charge in [-0.05, 0) is 75.3 Å². The summed E-state index contributed by atoms with van der Waals surface area (Å²) in [6.45, 7) is 4.92. The van der Waals surface area contributed by atoms with Crippen LogP contribution in [0.5, 0.6) is 0 Å². The Kier molecular flexibility index (Phi) is 3.58. The van der Waals surface area contributed by atoms with Crippen molar-refractivity contribution in [3.05, 3.63) is 24.5 Å². The second kappa shape index (κ2) is 5.72. The SMILES string of the molecule is C[C@@H]1CN(C(=O)C23CC4CC(CC(C4)C2)C3)CCN1c1ccncc1. The molecule has 0 aromatic carbocycles. The van der Waals surface area contributed by atoms with E-state index >= 15 is 0 Å². The molecule has 6 rings (SSSR count). The zero-order valence-electron chi connectivity index (χ0n) is 15.2. The van der Waals surface area contributed by atoms with Crippen molar-refractivity contribution in [2.75, 3.05) is 24.5 Å². The molecule has 5 fully saturated rings. The van der Waals surface area contributed by atoms with Crippen molar-refractivity contribution in [3.63, 3.8) is 0 Å². The molecule has 1 saturated heterocycles. The zero-order chi connectivity index (χ0) is 17.0. The van der Waals surface area contributed by atoms with Crippen LogP contribution in [-0.2, 0) is 4.79 Å². The monoisotopic (exact) mass is 339 g/mol. The minimum absolute atomic E-state index is 0.00725. The van der Waals surface area contributed by atoms with Crippen molar-refractivity contribution in [1.82, 2.24) is 9.88 Å². The average molecular weight is 339 g/mol. The van der Waals surface area contributed by atoms with Gasteiger partial charge in [-0.3, -0.25) is 9.78 Å². The van der Waals surface area contributed by atoms with Crippen molar-refractivity contribution < 1.29 is 4.79 Å². The van der Waals surface area contributed by atoms with E-state index in [0.717, 1.165) is 37.4 Å². The van der Waals surface area contributed by atoms with Gasteiger partial charge in [-0.1, -0.05) is 0 Å². The lowest BCUT2D eigenvalue weighted by Crippen LogP contribution is -2.60. The Morgan fingerprint density at radius 1 is 1.04 bits per heavy atom. The van der Waals surface area contributed by atoms with Gasteiger partial charge in [-0.25, -0.2) is 0 Å². The minimum atomic E-state index is 0.00725. The molecule has 0 N–H and O–H groups in total. The van der Waals surface area contributed by atoms with Crippen molar-refractivity contribution >= 4 is 11.6 Å². The van der Waals surface area contributed by atoms with Crippen LogP contribution in [0.3, 0.4) is 0 Å². The molecular formula is C21H29N3O. The van der Waals surface area contributed by atoms with Crippen LogP contribution < -0.4 is 4.90 Å². The van der Waals surface area contributed by atoms with E-state index in [1.165, 1.54) is 44.2 Å². The van der Waals surface area contributed by atoms with Crippen molar-refractivity contribution in [2.24, 2.45) is 23.2 Å². The fraction of sp³-hybridized carbons (Fsp3) is 0.714. The van der Waals surface area contributed by atoms with Crippen LogP contribution in [0.2, 0.25) is 0 Å². The summed E-state index contributed by atoms with van der Waals surface area (Å²) in [5.74, 6) is 3.01.